The number of rotatable bonds is 2. The van der Waals surface area contributed by atoms with Crippen molar-refractivity contribution in [1.29, 1.82) is 10.5 Å². The first-order valence-electron chi connectivity index (χ1n) is 5.29. The second-order valence-corrected chi connectivity index (χ2v) is 3.76. The van der Waals surface area contributed by atoms with Gasteiger partial charge in [-0.3, -0.25) is 10.2 Å². The highest BCUT2D eigenvalue weighted by Gasteiger charge is 2.28. The number of hydrogen-bond donors (Lipinski definition) is 3. The van der Waals surface area contributed by atoms with Crippen LogP contribution < -0.4 is 16.2 Å². The van der Waals surface area contributed by atoms with Gasteiger partial charge in [0.05, 0.1) is 17.6 Å². The zero-order valence-electron chi connectivity index (χ0n) is 9.34. The third-order valence-electron chi connectivity index (χ3n) is 2.56. The number of carbonyl (C=O) groups excluding carboxylic acids is 1. The number of hydrazine groups is 1. The predicted octanol–water partition coefficient (Wildman–Crippen LogP) is -0.743. The highest BCUT2D eigenvalue weighted by atomic mass is 16.2. The van der Waals surface area contributed by atoms with E-state index in [2.05, 4.69) is 27.2 Å². The molecule has 2 rings (SSSR count). The molecule has 18 heavy (non-hydrogen) atoms. The van der Waals surface area contributed by atoms with Crippen LogP contribution in [0.4, 0.5) is 0 Å². The molecule has 2 unspecified atom stereocenters. The normalized spacial score (nSPS) is 21.9. The molecule has 1 fully saturated rings. The van der Waals surface area contributed by atoms with Crippen LogP contribution in [0, 0.1) is 28.6 Å². The molecule has 7 nitrogen and oxygen atoms in total. The average molecular weight is 242 g/mol. The quantitative estimate of drug-likeness (QED) is 0.629. The molecule has 1 aliphatic heterocycles. The number of nitrogens with one attached hydrogen (secondary N) is 3. The Morgan fingerprint density at radius 2 is 2.33 bits per heavy atom. The highest BCUT2D eigenvalue weighted by molar-refractivity contribution is 5.92. The zero-order valence-corrected chi connectivity index (χ0v) is 9.34. The Morgan fingerprint density at radius 3 is 2.94 bits per heavy atom. The molecule has 2 atom stereocenters. The van der Waals surface area contributed by atoms with Gasteiger partial charge in [0, 0.05) is 12.7 Å². The van der Waals surface area contributed by atoms with Gasteiger partial charge in [-0.15, -0.1) is 0 Å². The SMILES string of the molecule is N#Cc1ccc(C(=O)NC2NNCC2C#N)nc1. The summed E-state index contributed by atoms with van der Waals surface area (Å²) in [6.45, 7) is 0.474. The van der Waals surface area contributed by atoms with Gasteiger partial charge >= 0.3 is 0 Å². The van der Waals surface area contributed by atoms with Gasteiger partial charge in [0.1, 0.15) is 17.9 Å². The minimum absolute atomic E-state index is 0.208. The van der Waals surface area contributed by atoms with E-state index in [1.807, 2.05) is 6.07 Å². The summed E-state index contributed by atoms with van der Waals surface area (Å²) < 4.78 is 0. The van der Waals surface area contributed by atoms with Crippen LogP contribution in [0.2, 0.25) is 0 Å². The molecular formula is C11H10N6O. The van der Waals surface area contributed by atoms with Crippen molar-refractivity contribution in [2.75, 3.05) is 6.54 Å². The van der Waals surface area contributed by atoms with Crippen LogP contribution in [0.3, 0.4) is 0 Å². The minimum atomic E-state index is -0.444. The fourth-order valence-electron chi connectivity index (χ4n) is 1.56. The second kappa shape index (κ2) is 5.23. The molecule has 1 aromatic rings. The van der Waals surface area contributed by atoms with Crippen LogP contribution >= 0.6 is 0 Å². The number of amides is 1. The summed E-state index contributed by atoms with van der Waals surface area (Å²) in [7, 11) is 0. The summed E-state index contributed by atoms with van der Waals surface area (Å²) in [6.07, 6.45) is 0.886. The van der Waals surface area contributed by atoms with Gasteiger partial charge in [-0.05, 0) is 12.1 Å². The summed E-state index contributed by atoms with van der Waals surface area (Å²) in [5, 5.41) is 20.1. The monoisotopic (exact) mass is 242 g/mol. The maximum absolute atomic E-state index is 11.8. The number of nitrogens with zero attached hydrogens (tertiary/aromatic N) is 3. The Kier molecular flexibility index (Phi) is 3.49. The van der Waals surface area contributed by atoms with Gasteiger partial charge < -0.3 is 5.32 Å². The zero-order chi connectivity index (χ0) is 13.0. The number of nitriles is 2. The minimum Gasteiger partial charge on any atom is -0.333 e. The van der Waals surface area contributed by atoms with Gasteiger partial charge in [0.15, 0.2) is 0 Å². The first kappa shape index (κ1) is 12.0. The summed E-state index contributed by atoms with van der Waals surface area (Å²) >= 11 is 0. The predicted molar refractivity (Wildman–Crippen MR) is 60.4 cm³/mol. The molecule has 1 saturated heterocycles. The molecule has 1 aromatic heterocycles. The van der Waals surface area contributed by atoms with E-state index in [1.54, 1.807) is 0 Å². The summed E-state index contributed by atoms with van der Waals surface area (Å²) in [5.74, 6) is -0.715. The van der Waals surface area contributed by atoms with Gasteiger partial charge in [-0.2, -0.15) is 10.5 Å². The van der Waals surface area contributed by atoms with Crippen molar-refractivity contribution in [2.45, 2.75) is 6.17 Å². The van der Waals surface area contributed by atoms with Gasteiger partial charge in [0.25, 0.3) is 5.91 Å². The molecule has 0 aliphatic carbocycles. The van der Waals surface area contributed by atoms with Crippen molar-refractivity contribution in [2.24, 2.45) is 5.92 Å². The molecule has 3 N–H and O–H groups in total. The van der Waals surface area contributed by atoms with Crippen molar-refractivity contribution in [3.05, 3.63) is 29.6 Å². The van der Waals surface area contributed by atoms with Crippen molar-refractivity contribution in [3.8, 4) is 12.1 Å². The first-order chi connectivity index (χ1) is 8.74. The lowest BCUT2D eigenvalue weighted by molar-refractivity contribution is 0.0922. The van der Waals surface area contributed by atoms with E-state index in [0.717, 1.165) is 0 Å². The van der Waals surface area contributed by atoms with E-state index in [4.69, 9.17) is 10.5 Å². The molecule has 0 radical (unpaired) electrons. The third-order valence-corrected chi connectivity index (χ3v) is 2.56. The standard InChI is InChI=1S/C11H10N6O/c12-3-7-1-2-9(14-5-7)11(18)16-10-8(4-13)6-15-17-10/h1-2,5,8,10,15,17H,6H2,(H,16,18). The van der Waals surface area contributed by atoms with Crippen LogP contribution in [0.1, 0.15) is 16.1 Å². The topological polar surface area (TPSA) is 114 Å². The Morgan fingerprint density at radius 1 is 1.50 bits per heavy atom. The van der Waals surface area contributed by atoms with Gasteiger partial charge in [-0.25, -0.2) is 10.4 Å². The van der Waals surface area contributed by atoms with Crippen LogP contribution in [0.5, 0.6) is 0 Å². The Hall–Kier alpha value is -2.48. The van der Waals surface area contributed by atoms with Crippen molar-refractivity contribution >= 4 is 5.91 Å². The molecule has 1 amide bonds. The lowest BCUT2D eigenvalue weighted by Gasteiger charge is -2.14. The highest BCUT2D eigenvalue weighted by Crippen LogP contribution is 2.05. The fourth-order valence-corrected chi connectivity index (χ4v) is 1.56. The van der Waals surface area contributed by atoms with Gasteiger partial charge in [-0.1, -0.05) is 0 Å². The second-order valence-electron chi connectivity index (χ2n) is 3.76. The van der Waals surface area contributed by atoms with Crippen LogP contribution in [0.15, 0.2) is 18.3 Å². The van der Waals surface area contributed by atoms with Crippen molar-refractivity contribution in [3.63, 3.8) is 0 Å². The summed E-state index contributed by atoms with van der Waals surface area (Å²) in [4.78, 5) is 15.7. The Balaban J connectivity index is 2.03. The number of pyridine rings is 1. The number of carbonyl (C=O) groups is 1. The maximum Gasteiger partial charge on any atom is 0.271 e. The van der Waals surface area contributed by atoms with Crippen molar-refractivity contribution < 1.29 is 4.79 Å². The molecule has 7 heteroatoms. The lowest BCUT2D eigenvalue weighted by atomic mass is 10.1. The molecule has 0 bridgehead atoms. The lowest BCUT2D eigenvalue weighted by Crippen LogP contribution is -2.46. The van der Waals surface area contributed by atoms with Crippen molar-refractivity contribution in [1.82, 2.24) is 21.2 Å². The first-order valence-corrected chi connectivity index (χ1v) is 5.29. The van der Waals surface area contributed by atoms with E-state index < -0.39 is 6.17 Å². The van der Waals surface area contributed by atoms with E-state index in [-0.39, 0.29) is 17.5 Å². The van der Waals surface area contributed by atoms with Crippen LogP contribution in [-0.4, -0.2) is 23.6 Å². The number of hydrogen-bond acceptors (Lipinski definition) is 6. The molecule has 0 saturated carbocycles. The van der Waals surface area contributed by atoms with E-state index in [9.17, 15) is 4.79 Å². The van der Waals surface area contributed by atoms with Gasteiger partial charge in [0.2, 0.25) is 0 Å². The molecule has 0 spiro atoms. The summed E-state index contributed by atoms with van der Waals surface area (Å²) in [6, 6.07) is 7.00. The molecule has 1 aliphatic rings. The fraction of sp³-hybridized carbons (Fsp3) is 0.273. The molecular weight excluding hydrogens is 232 g/mol. The Labute approximate surface area is 103 Å². The van der Waals surface area contributed by atoms with E-state index in [0.29, 0.717) is 12.1 Å². The smallest absolute Gasteiger partial charge is 0.271 e. The molecule has 90 valence electrons. The van der Waals surface area contributed by atoms with Crippen LogP contribution in [-0.2, 0) is 0 Å². The summed E-state index contributed by atoms with van der Waals surface area (Å²) in [5.41, 5.74) is 6.19. The van der Waals surface area contributed by atoms with E-state index >= 15 is 0 Å². The average Bonchev–Trinajstić information content (AvgIpc) is 2.86. The molecule has 2 heterocycles. The van der Waals surface area contributed by atoms with Crippen LogP contribution in [0.25, 0.3) is 0 Å². The number of aromatic nitrogens is 1. The van der Waals surface area contributed by atoms with E-state index in [1.165, 1.54) is 18.3 Å². The Bertz CT molecular complexity index is 526. The third kappa shape index (κ3) is 2.43. The molecule has 0 aromatic carbocycles. The maximum atomic E-state index is 11.8. The largest absolute Gasteiger partial charge is 0.333 e.